The van der Waals surface area contributed by atoms with Crippen molar-refractivity contribution in [3.8, 4) is 6.07 Å². The van der Waals surface area contributed by atoms with E-state index >= 15 is 0 Å². The Labute approximate surface area is 76.6 Å². The minimum Gasteiger partial charge on any atom is -0.322 e. The van der Waals surface area contributed by atoms with E-state index in [0.717, 1.165) is 12.2 Å². The highest BCUT2D eigenvalue weighted by Crippen LogP contribution is 2.16. The summed E-state index contributed by atoms with van der Waals surface area (Å²) in [4.78, 5) is 4.23. The number of rotatable bonds is 2. The number of nitriles is 1. The molecule has 0 atom stereocenters. The van der Waals surface area contributed by atoms with Gasteiger partial charge in [-0.15, -0.1) is 0 Å². The Bertz CT molecular complexity index is 322. The molecule has 1 heterocycles. The molecule has 0 amide bonds. The molecule has 12 heavy (non-hydrogen) atoms. The lowest BCUT2D eigenvalue weighted by molar-refractivity contribution is 0.808. The maximum absolute atomic E-state index is 8.46. The van der Waals surface area contributed by atoms with Crippen LogP contribution in [0.3, 0.4) is 0 Å². The van der Waals surface area contributed by atoms with Gasteiger partial charge in [0.1, 0.15) is 11.0 Å². The highest BCUT2D eigenvalue weighted by Gasteiger charge is 2.10. The van der Waals surface area contributed by atoms with Gasteiger partial charge in [0.2, 0.25) is 0 Å². The first-order valence-corrected chi connectivity index (χ1v) is 4.15. The topological polar surface area (TPSA) is 41.6 Å². The number of hydrogen-bond acceptors (Lipinski definition) is 2. The summed E-state index contributed by atoms with van der Waals surface area (Å²) in [5.74, 6) is 0.922. The Hall–Kier alpha value is -1.01. The summed E-state index contributed by atoms with van der Waals surface area (Å²) >= 11 is 5.92. The molecule has 64 valence electrons. The zero-order valence-corrected chi connectivity index (χ0v) is 7.89. The number of halogens is 1. The number of aryl methyl sites for hydroxylation is 1. The van der Waals surface area contributed by atoms with E-state index in [9.17, 15) is 0 Å². The van der Waals surface area contributed by atoms with Crippen LogP contribution in [0.2, 0.25) is 5.15 Å². The largest absolute Gasteiger partial charge is 0.322 e. The van der Waals surface area contributed by atoms with Crippen molar-refractivity contribution in [2.75, 3.05) is 0 Å². The maximum atomic E-state index is 8.46. The molecule has 1 aromatic heterocycles. The number of nitrogens with zero attached hydrogens (tertiary/aromatic N) is 3. The minimum absolute atomic E-state index is 0.284. The minimum atomic E-state index is 0.284. The third-order valence-electron chi connectivity index (χ3n) is 1.75. The number of imidazole rings is 1. The molecule has 0 aliphatic carbocycles. The van der Waals surface area contributed by atoms with Gasteiger partial charge in [-0.25, -0.2) is 4.98 Å². The third-order valence-corrected chi connectivity index (χ3v) is 2.22. The molecular formula is C8H10ClN3. The van der Waals surface area contributed by atoms with E-state index in [1.54, 1.807) is 0 Å². The number of aromatic nitrogens is 2. The average Bonchev–Trinajstić information content (AvgIpc) is 2.33. The Morgan fingerprint density at radius 1 is 1.67 bits per heavy atom. The Morgan fingerprint density at radius 3 is 2.75 bits per heavy atom. The average molecular weight is 184 g/mol. The Balaban J connectivity index is 3.09. The van der Waals surface area contributed by atoms with Crippen molar-refractivity contribution in [1.82, 2.24) is 9.55 Å². The number of hydrogen-bond donors (Lipinski definition) is 0. The fourth-order valence-corrected chi connectivity index (χ4v) is 1.29. The highest BCUT2D eigenvalue weighted by molar-refractivity contribution is 6.30. The van der Waals surface area contributed by atoms with Crippen LogP contribution in [0, 0.1) is 11.3 Å². The van der Waals surface area contributed by atoms with Crippen LogP contribution in [0.4, 0.5) is 0 Å². The summed E-state index contributed by atoms with van der Waals surface area (Å²) in [7, 11) is 1.86. The monoisotopic (exact) mass is 183 g/mol. The van der Waals surface area contributed by atoms with E-state index in [4.69, 9.17) is 16.9 Å². The molecule has 0 fully saturated rings. The molecule has 0 aromatic carbocycles. The van der Waals surface area contributed by atoms with Crippen LogP contribution >= 0.6 is 11.6 Å². The molecule has 0 N–H and O–H groups in total. The zero-order valence-electron chi connectivity index (χ0n) is 7.13. The summed E-state index contributed by atoms with van der Waals surface area (Å²) in [5.41, 5.74) is 0.679. The molecular weight excluding hydrogens is 174 g/mol. The van der Waals surface area contributed by atoms with Crippen molar-refractivity contribution in [2.24, 2.45) is 7.05 Å². The molecule has 0 aliphatic heterocycles. The molecule has 0 spiro atoms. The zero-order chi connectivity index (χ0) is 9.14. The van der Waals surface area contributed by atoms with Gasteiger partial charge in [-0.2, -0.15) is 5.26 Å². The first-order valence-electron chi connectivity index (χ1n) is 3.77. The van der Waals surface area contributed by atoms with E-state index in [2.05, 4.69) is 4.98 Å². The summed E-state index contributed by atoms with van der Waals surface area (Å²) in [6.45, 7) is 2.01. The molecule has 0 saturated heterocycles. The van der Waals surface area contributed by atoms with Crippen LogP contribution in [-0.2, 0) is 19.9 Å². The molecule has 0 saturated carbocycles. The summed E-state index contributed by atoms with van der Waals surface area (Å²) in [5, 5.41) is 9.04. The van der Waals surface area contributed by atoms with Crippen LogP contribution in [0.25, 0.3) is 0 Å². The van der Waals surface area contributed by atoms with Crippen LogP contribution < -0.4 is 0 Å². The normalized spacial score (nSPS) is 9.83. The summed E-state index contributed by atoms with van der Waals surface area (Å²) in [6, 6.07) is 2.03. The van der Waals surface area contributed by atoms with Crippen molar-refractivity contribution >= 4 is 11.6 Å². The van der Waals surface area contributed by atoms with Gasteiger partial charge in [0, 0.05) is 13.5 Å². The van der Waals surface area contributed by atoms with Gasteiger partial charge in [-0.1, -0.05) is 18.5 Å². The Morgan fingerprint density at radius 2 is 2.33 bits per heavy atom. The van der Waals surface area contributed by atoms with Crippen molar-refractivity contribution in [2.45, 2.75) is 19.8 Å². The van der Waals surface area contributed by atoms with Gasteiger partial charge in [0.25, 0.3) is 0 Å². The van der Waals surface area contributed by atoms with Crippen LogP contribution in [0.15, 0.2) is 0 Å². The van der Waals surface area contributed by atoms with Gasteiger partial charge >= 0.3 is 0 Å². The lowest BCUT2D eigenvalue weighted by atomic mass is 10.4. The fraction of sp³-hybridized carbons (Fsp3) is 0.500. The predicted octanol–water partition coefficient (Wildman–Crippen LogP) is 1.70. The molecule has 4 heteroatoms. The SMILES string of the molecule is CCc1nc(CC#N)c(Cl)n1C. The fourth-order valence-electron chi connectivity index (χ4n) is 1.09. The second-order valence-corrected chi connectivity index (χ2v) is 2.87. The second kappa shape index (κ2) is 3.59. The molecule has 1 rings (SSSR count). The van der Waals surface area contributed by atoms with Gasteiger partial charge in [-0.3, -0.25) is 0 Å². The first kappa shape index (κ1) is 9.08. The standard InChI is InChI=1S/C8H10ClN3/c1-3-7-11-6(4-5-10)8(9)12(7)2/h3-4H2,1-2H3. The highest BCUT2D eigenvalue weighted by atomic mass is 35.5. The molecule has 0 aliphatic rings. The van der Waals surface area contributed by atoms with Crippen LogP contribution in [0.5, 0.6) is 0 Å². The summed E-state index contributed by atoms with van der Waals surface area (Å²) in [6.07, 6.45) is 1.12. The molecule has 0 bridgehead atoms. The summed E-state index contributed by atoms with van der Waals surface area (Å²) < 4.78 is 1.81. The van der Waals surface area contributed by atoms with Gasteiger partial charge in [0.05, 0.1) is 18.2 Å². The van der Waals surface area contributed by atoms with E-state index in [-0.39, 0.29) is 6.42 Å². The van der Waals surface area contributed by atoms with E-state index < -0.39 is 0 Å². The first-order chi connectivity index (χ1) is 5.70. The molecule has 1 aromatic rings. The quantitative estimate of drug-likeness (QED) is 0.701. The van der Waals surface area contributed by atoms with Gasteiger partial charge in [0.15, 0.2) is 0 Å². The Kier molecular flexibility index (Phi) is 2.72. The second-order valence-electron chi connectivity index (χ2n) is 2.51. The lowest BCUT2D eigenvalue weighted by Gasteiger charge is -1.96. The van der Waals surface area contributed by atoms with Crippen molar-refractivity contribution < 1.29 is 0 Å². The van der Waals surface area contributed by atoms with E-state index in [0.29, 0.717) is 10.8 Å². The van der Waals surface area contributed by atoms with E-state index in [1.165, 1.54) is 0 Å². The van der Waals surface area contributed by atoms with Gasteiger partial charge in [-0.05, 0) is 0 Å². The van der Waals surface area contributed by atoms with Crippen LogP contribution in [-0.4, -0.2) is 9.55 Å². The predicted molar refractivity (Wildman–Crippen MR) is 46.9 cm³/mol. The smallest absolute Gasteiger partial charge is 0.132 e. The van der Waals surface area contributed by atoms with Crippen molar-refractivity contribution in [1.29, 1.82) is 5.26 Å². The molecule has 3 nitrogen and oxygen atoms in total. The van der Waals surface area contributed by atoms with Crippen LogP contribution in [0.1, 0.15) is 18.4 Å². The maximum Gasteiger partial charge on any atom is 0.132 e. The molecule has 0 unspecified atom stereocenters. The lowest BCUT2D eigenvalue weighted by Crippen LogP contribution is -1.94. The van der Waals surface area contributed by atoms with Crippen molar-refractivity contribution in [3.05, 3.63) is 16.7 Å². The third kappa shape index (κ3) is 1.44. The molecule has 0 radical (unpaired) electrons. The van der Waals surface area contributed by atoms with Crippen molar-refractivity contribution in [3.63, 3.8) is 0 Å². The van der Waals surface area contributed by atoms with E-state index in [1.807, 2.05) is 24.6 Å². The van der Waals surface area contributed by atoms with Gasteiger partial charge < -0.3 is 4.57 Å².